The Morgan fingerprint density at radius 2 is 2.04 bits per heavy atom. The Morgan fingerprint density at radius 3 is 2.75 bits per heavy atom. The summed E-state index contributed by atoms with van der Waals surface area (Å²) in [6.45, 7) is 2.84. The lowest BCUT2D eigenvalue weighted by atomic mass is 10.0. The fraction of sp³-hybridized carbons (Fsp3) is 0.263. The van der Waals surface area contributed by atoms with Crippen LogP contribution in [0.25, 0.3) is 16.5 Å². The van der Waals surface area contributed by atoms with E-state index in [4.69, 9.17) is 20.8 Å². The molecular formula is C19H17ClN4O3S. The molecule has 4 aromatic rings. The van der Waals surface area contributed by atoms with Crippen LogP contribution in [0, 0.1) is 0 Å². The molecule has 4 heterocycles. The van der Waals surface area contributed by atoms with Crippen LogP contribution in [0.5, 0.6) is 5.88 Å². The fourth-order valence-corrected chi connectivity index (χ4v) is 4.79. The lowest BCUT2D eigenvalue weighted by Gasteiger charge is -2.34. The standard InChI is InChI=1S/C19H17ClN4O3S/c20-13-4-1-3-12(11-13)15(23-6-9-26-10-7-23)16-18(25)24-19(28-16)21-17(22-24)14-5-2-8-27-14/h1-5,8,11,15,25H,6-7,9-10H2. The van der Waals surface area contributed by atoms with Crippen LogP contribution < -0.4 is 0 Å². The summed E-state index contributed by atoms with van der Waals surface area (Å²) in [5, 5.41) is 16.1. The highest BCUT2D eigenvalue weighted by Crippen LogP contribution is 2.41. The van der Waals surface area contributed by atoms with Crippen molar-refractivity contribution in [1.82, 2.24) is 19.5 Å². The van der Waals surface area contributed by atoms with Gasteiger partial charge in [-0.1, -0.05) is 35.1 Å². The monoisotopic (exact) mass is 416 g/mol. The highest BCUT2D eigenvalue weighted by Gasteiger charge is 2.31. The highest BCUT2D eigenvalue weighted by molar-refractivity contribution is 7.17. The van der Waals surface area contributed by atoms with Gasteiger partial charge < -0.3 is 14.3 Å². The minimum absolute atomic E-state index is 0.0850. The number of aromatic nitrogens is 3. The van der Waals surface area contributed by atoms with Crippen molar-refractivity contribution in [2.45, 2.75) is 6.04 Å². The summed E-state index contributed by atoms with van der Waals surface area (Å²) >= 11 is 7.66. The highest BCUT2D eigenvalue weighted by atomic mass is 35.5. The molecule has 144 valence electrons. The summed E-state index contributed by atoms with van der Waals surface area (Å²) in [4.78, 5) is 8.20. The minimum atomic E-state index is -0.150. The van der Waals surface area contributed by atoms with Crippen LogP contribution in [0.15, 0.2) is 47.1 Å². The summed E-state index contributed by atoms with van der Waals surface area (Å²) < 4.78 is 12.3. The summed E-state index contributed by atoms with van der Waals surface area (Å²) in [6, 6.07) is 11.2. The van der Waals surface area contributed by atoms with E-state index in [1.165, 1.54) is 15.9 Å². The van der Waals surface area contributed by atoms with E-state index in [2.05, 4.69) is 15.0 Å². The molecule has 3 aromatic heterocycles. The van der Waals surface area contributed by atoms with Crippen LogP contribution in [0.1, 0.15) is 16.5 Å². The first-order valence-corrected chi connectivity index (χ1v) is 10.1. The Morgan fingerprint density at radius 1 is 1.18 bits per heavy atom. The molecule has 0 radical (unpaired) electrons. The number of halogens is 1. The smallest absolute Gasteiger partial charge is 0.230 e. The molecular weight excluding hydrogens is 400 g/mol. The number of hydrogen-bond donors (Lipinski definition) is 1. The lowest BCUT2D eigenvalue weighted by molar-refractivity contribution is 0.0241. The third kappa shape index (κ3) is 3.08. The maximum Gasteiger partial charge on any atom is 0.230 e. The maximum atomic E-state index is 11.0. The van der Waals surface area contributed by atoms with Gasteiger partial charge in [-0.05, 0) is 29.8 Å². The van der Waals surface area contributed by atoms with E-state index < -0.39 is 0 Å². The van der Waals surface area contributed by atoms with Crippen molar-refractivity contribution in [2.75, 3.05) is 26.3 Å². The van der Waals surface area contributed by atoms with Crippen molar-refractivity contribution in [3.8, 4) is 17.5 Å². The fourth-order valence-electron chi connectivity index (χ4n) is 3.48. The summed E-state index contributed by atoms with van der Waals surface area (Å²) in [6.07, 6.45) is 1.57. The number of rotatable bonds is 4. The van der Waals surface area contributed by atoms with Gasteiger partial charge in [0.05, 0.1) is 30.4 Å². The van der Waals surface area contributed by atoms with Gasteiger partial charge in [0, 0.05) is 18.1 Å². The van der Waals surface area contributed by atoms with Crippen molar-refractivity contribution in [3.63, 3.8) is 0 Å². The Labute approximate surface area is 169 Å². The van der Waals surface area contributed by atoms with Gasteiger partial charge in [-0.25, -0.2) is 0 Å². The van der Waals surface area contributed by atoms with Gasteiger partial charge in [-0.15, -0.1) is 5.10 Å². The average molecular weight is 417 g/mol. The zero-order valence-corrected chi connectivity index (χ0v) is 16.4. The summed E-state index contributed by atoms with van der Waals surface area (Å²) in [5.41, 5.74) is 1.01. The maximum absolute atomic E-state index is 11.0. The first-order valence-electron chi connectivity index (χ1n) is 8.90. The molecule has 28 heavy (non-hydrogen) atoms. The second-order valence-corrected chi connectivity index (χ2v) is 7.95. The van der Waals surface area contributed by atoms with E-state index in [0.717, 1.165) is 23.5 Å². The number of ether oxygens (including phenoxy) is 1. The Bertz CT molecular complexity index is 1100. The average Bonchev–Trinajstić information content (AvgIpc) is 3.42. The van der Waals surface area contributed by atoms with Crippen LogP contribution >= 0.6 is 22.9 Å². The number of nitrogens with zero attached hydrogens (tertiary/aromatic N) is 4. The predicted octanol–water partition coefficient (Wildman–Crippen LogP) is 3.83. The van der Waals surface area contributed by atoms with E-state index in [-0.39, 0.29) is 11.9 Å². The molecule has 1 saturated heterocycles. The molecule has 9 heteroatoms. The zero-order chi connectivity index (χ0) is 19.1. The molecule has 0 amide bonds. The number of furan rings is 1. The van der Waals surface area contributed by atoms with E-state index >= 15 is 0 Å². The van der Waals surface area contributed by atoms with Crippen LogP contribution in [0.3, 0.4) is 0 Å². The van der Waals surface area contributed by atoms with Crippen molar-refractivity contribution >= 4 is 27.9 Å². The van der Waals surface area contributed by atoms with Crippen LogP contribution in [0.2, 0.25) is 5.02 Å². The van der Waals surface area contributed by atoms with Gasteiger partial charge in [-0.2, -0.15) is 9.50 Å². The molecule has 0 saturated carbocycles. The number of benzene rings is 1. The normalized spacial score (nSPS) is 16.6. The van der Waals surface area contributed by atoms with Gasteiger partial charge in [0.15, 0.2) is 5.76 Å². The Balaban J connectivity index is 1.60. The molecule has 1 aliphatic heterocycles. The Kier molecular flexibility index (Phi) is 4.56. The molecule has 1 atom stereocenters. The topological polar surface area (TPSA) is 76.0 Å². The number of aromatic hydroxyl groups is 1. The third-order valence-electron chi connectivity index (χ3n) is 4.76. The van der Waals surface area contributed by atoms with Crippen molar-refractivity contribution in [1.29, 1.82) is 0 Å². The van der Waals surface area contributed by atoms with Crippen molar-refractivity contribution in [3.05, 3.63) is 58.1 Å². The van der Waals surface area contributed by atoms with Crippen LogP contribution in [-0.4, -0.2) is 50.9 Å². The van der Waals surface area contributed by atoms with Gasteiger partial charge in [0.1, 0.15) is 0 Å². The number of morpholine rings is 1. The zero-order valence-electron chi connectivity index (χ0n) is 14.8. The molecule has 0 bridgehead atoms. The molecule has 5 rings (SSSR count). The lowest BCUT2D eigenvalue weighted by Crippen LogP contribution is -2.39. The minimum Gasteiger partial charge on any atom is -0.492 e. The molecule has 1 fully saturated rings. The first kappa shape index (κ1) is 17.7. The van der Waals surface area contributed by atoms with Gasteiger partial charge in [0.2, 0.25) is 16.7 Å². The number of hydrogen-bond acceptors (Lipinski definition) is 7. The van der Waals surface area contributed by atoms with E-state index in [1.807, 2.05) is 24.3 Å². The quantitative estimate of drug-likeness (QED) is 0.545. The van der Waals surface area contributed by atoms with Crippen LogP contribution in [-0.2, 0) is 4.74 Å². The number of fused-ring (bicyclic) bond motifs is 1. The molecule has 1 aliphatic rings. The molecule has 7 nitrogen and oxygen atoms in total. The van der Waals surface area contributed by atoms with E-state index in [9.17, 15) is 5.11 Å². The molecule has 1 N–H and O–H groups in total. The first-order chi connectivity index (χ1) is 13.7. The van der Waals surface area contributed by atoms with Gasteiger partial charge in [-0.3, -0.25) is 4.90 Å². The number of thiazole rings is 1. The van der Waals surface area contributed by atoms with E-state index in [0.29, 0.717) is 34.8 Å². The molecule has 1 unspecified atom stereocenters. The van der Waals surface area contributed by atoms with Crippen molar-refractivity contribution in [2.24, 2.45) is 0 Å². The largest absolute Gasteiger partial charge is 0.492 e. The summed E-state index contributed by atoms with van der Waals surface area (Å²) in [5.74, 6) is 1.10. The summed E-state index contributed by atoms with van der Waals surface area (Å²) in [7, 11) is 0. The predicted molar refractivity (Wildman–Crippen MR) is 106 cm³/mol. The second-order valence-electron chi connectivity index (χ2n) is 6.50. The molecule has 0 spiro atoms. The van der Waals surface area contributed by atoms with Gasteiger partial charge >= 0.3 is 0 Å². The molecule has 1 aromatic carbocycles. The Hall–Kier alpha value is -2.39. The van der Waals surface area contributed by atoms with E-state index in [1.54, 1.807) is 18.4 Å². The van der Waals surface area contributed by atoms with Crippen molar-refractivity contribution < 1.29 is 14.3 Å². The van der Waals surface area contributed by atoms with Gasteiger partial charge in [0.25, 0.3) is 0 Å². The SMILES string of the molecule is Oc1c(C(c2cccc(Cl)c2)N2CCOCC2)sc2nc(-c3ccco3)nn12. The third-order valence-corrected chi connectivity index (χ3v) is 6.07. The van der Waals surface area contributed by atoms with Crippen LogP contribution in [0.4, 0.5) is 0 Å². The second kappa shape index (κ2) is 7.21. The molecule has 0 aliphatic carbocycles.